The number of halogens is 1. The Kier molecular flexibility index (Phi) is 4.56. The Labute approximate surface area is 154 Å². The third-order valence-corrected chi connectivity index (χ3v) is 4.02. The molecule has 8 nitrogen and oxygen atoms in total. The monoisotopic (exact) mass is 364 g/mol. The fraction of sp³-hybridized carbons (Fsp3) is 0.167. The summed E-state index contributed by atoms with van der Waals surface area (Å²) < 4.78 is 15.7. The standard InChI is InChI=1S/C18H17FN8/c1-20-11-21-9-15-23-17(25-24-15)16-13-6-4-8-22-18(13)27(26-16)10-12-5-2-3-7-14(12)19/h2-8,11H,9-10H2,1H3,(H,20,21)(H,23,24,25). The molecule has 0 bridgehead atoms. The van der Waals surface area contributed by atoms with E-state index in [9.17, 15) is 4.39 Å². The minimum Gasteiger partial charge on any atom is -0.369 e. The van der Waals surface area contributed by atoms with Crippen LogP contribution in [-0.4, -0.2) is 43.3 Å². The summed E-state index contributed by atoms with van der Waals surface area (Å²) in [4.78, 5) is 12.7. The van der Waals surface area contributed by atoms with Gasteiger partial charge in [-0.25, -0.2) is 19.0 Å². The number of hydrogen-bond acceptors (Lipinski definition) is 5. The molecule has 0 amide bonds. The Morgan fingerprint density at radius 3 is 3.00 bits per heavy atom. The molecule has 0 aliphatic carbocycles. The van der Waals surface area contributed by atoms with Gasteiger partial charge in [-0.3, -0.25) is 10.1 Å². The van der Waals surface area contributed by atoms with E-state index in [2.05, 4.69) is 35.6 Å². The maximum absolute atomic E-state index is 14.0. The number of aromatic nitrogens is 6. The fourth-order valence-corrected chi connectivity index (χ4v) is 2.79. The van der Waals surface area contributed by atoms with Gasteiger partial charge < -0.3 is 5.32 Å². The topological polar surface area (TPSA) is 96.7 Å². The van der Waals surface area contributed by atoms with Gasteiger partial charge in [0.05, 0.1) is 24.8 Å². The highest BCUT2D eigenvalue weighted by molar-refractivity contribution is 5.89. The number of rotatable bonds is 6. The predicted molar refractivity (Wildman–Crippen MR) is 99.7 cm³/mol. The van der Waals surface area contributed by atoms with Gasteiger partial charge in [0.1, 0.15) is 17.3 Å². The van der Waals surface area contributed by atoms with Gasteiger partial charge in [-0.05, 0) is 18.2 Å². The van der Waals surface area contributed by atoms with Crippen molar-refractivity contribution in [3.8, 4) is 11.5 Å². The molecule has 0 radical (unpaired) electrons. The molecule has 0 unspecified atom stereocenters. The van der Waals surface area contributed by atoms with Crippen LogP contribution in [-0.2, 0) is 13.1 Å². The van der Waals surface area contributed by atoms with E-state index in [0.29, 0.717) is 35.1 Å². The first-order valence-corrected chi connectivity index (χ1v) is 8.37. The van der Waals surface area contributed by atoms with E-state index in [-0.39, 0.29) is 12.4 Å². The normalized spacial score (nSPS) is 11.5. The summed E-state index contributed by atoms with van der Waals surface area (Å²) in [6.07, 6.45) is 3.27. The summed E-state index contributed by atoms with van der Waals surface area (Å²) in [5.41, 5.74) is 1.79. The van der Waals surface area contributed by atoms with E-state index < -0.39 is 0 Å². The Balaban J connectivity index is 1.71. The van der Waals surface area contributed by atoms with Crippen LogP contribution >= 0.6 is 0 Å². The highest BCUT2D eigenvalue weighted by Gasteiger charge is 2.17. The van der Waals surface area contributed by atoms with Gasteiger partial charge in [0, 0.05) is 18.8 Å². The highest BCUT2D eigenvalue weighted by Crippen LogP contribution is 2.25. The van der Waals surface area contributed by atoms with E-state index >= 15 is 0 Å². The fourth-order valence-electron chi connectivity index (χ4n) is 2.79. The molecule has 27 heavy (non-hydrogen) atoms. The zero-order chi connectivity index (χ0) is 18.6. The number of pyridine rings is 1. The van der Waals surface area contributed by atoms with Crippen molar-refractivity contribution in [2.75, 3.05) is 7.05 Å². The number of nitrogens with one attached hydrogen (secondary N) is 2. The van der Waals surface area contributed by atoms with E-state index in [0.717, 1.165) is 5.39 Å². The van der Waals surface area contributed by atoms with Crippen molar-refractivity contribution in [2.24, 2.45) is 4.99 Å². The van der Waals surface area contributed by atoms with Crippen LogP contribution in [0.2, 0.25) is 0 Å². The minimum absolute atomic E-state index is 0.270. The number of H-pyrrole nitrogens is 1. The lowest BCUT2D eigenvalue weighted by atomic mass is 10.2. The quantitative estimate of drug-likeness (QED) is 0.404. The smallest absolute Gasteiger partial charge is 0.202 e. The van der Waals surface area contributed by atoms with Crippen LogP contribution < -0.4 is 5.32 Å². The second kappa shape index (κ2) is 7.32. The molecular weight excluding hydrogens is 347 g/mol. The molecule has 0 fully saturated rings. The van der Waals surface area contributed by atoms with Gasteiger partial charge in [0.2, 0.25) is 5.82 Å². The first kappa shape index (κ1) is 16.8. The van der Waals surface area contributed by atoms with Gasteiger partial charge in [-0.15, -0.1) is 0 Å². The molecule has 136 valence electrons. The van der Waals surface area contributed by atoms with Crippen molar-refractivity contribution >= 4 is 17.4 Å². The van der Waals surface area contributed by atoms with Crippen LogP contribution in [0.25, 0.3) is 22.6 Å². The van der Waals surface area contributed by atoms with Crippen molar-refractivity contribution < 1.29 is 4.39 Å². The van der Waals surface area contributed by atoms with Crippen LogP contribution in [0.3, 0.4) is 0 Å². The second-order valence-corrected chi connectivity index (χ2v) is 5.85. The van der Waals surface area contributed by atoms with E-state index in [1.165, 1.54) is 6.07 Å². The molecule has 0 spiro atoms. The van der Waals surface area contributed by atoms with Crippen molar-refractivity contribution in [1.29, 1.82) is 0 Å². The first-order chi connectivity index (χ1) is 13.3. The Hall–Kier alpha value is -3.62. The predicted octanol–water partition coefficient (Wildman–Crippen LogP) is 2.15. The lowest BCUT2D eigenvalue weighted by Crippen LogP contribution is -2.11. The first-order valence-electron chi connectivity index (χ1n) is 8.37. The summed E-state index contributed by atoms with van der Waals surface area (Å²) in [5, 5.41) is 15.5. The van der Waals surface area contributed by atoms with Gasteiger partial charge in [0.15, 0.2) is 5.65 Å². The molecular formula is C18H17FN8. The van der Waals surface area contributed by atoms with Crippen LogP contribution in [0.1, 0.15) is 11.4 Å². The lowest BCUT2D eigenvalue weighted by Gasteiger charge is -2.04. The molecule has 4 rings (SSSR count). The largest absolute Gasteiger partial charge is 0.369 e. The number of nitrogens with zero attached hydrogens (tertiary/aromatic N) is 6. The van der Waals surface area contributed by atoms with Crippen molar-refractivity contribution in [3.05, 3.63) is 59.8 Å². The summed E-state index contributed by atoms with van der Waals surface area (Å²) in [6.45, 7) is 0.739. The van der Waals surface area contributed by atoms with Gasteiger partial charge >= 0.3 is 0 Å². The summed E-state index contributed by atoms with van der Waals surface area (Å²) in [7, 11) is 1.68. The Morgan fingerprint density at radius 1 is 1.26 bits per heavy atom. The van der Waals surface area contributed by atoms with Crippen LogP contribution in [0.5, 0.6) is 0 Å². The Morgan fingerprint density at radius 2 is 2.15 bits per heavy atom. The van der Waals surface area contributed by atoms with E-state index in [1.54, 1.807) is 42.5 Å². The highest BCUT2D eigenvalue weighted by atomic mass is 19.1. The average Bonchev–Trinajstić information content (AvgIpc) is 3.29. The van der Waals surface area contributed by atoms with Crippen molar-refractivity contribution in [2.45, 2.75) is 13.1 Å². The molecule has 0 atom stereocenters. The van der Waals surface area contributed by atoms with Gasteiger partial charge in [-0.2, -0.15) is 10.2 Å². The summed E-state index contributed by atoms with van der Waals surface area (Å²) in [6, 6.07) is 10.4. The summed E-state index contributed by atoms with van der Waals surface area (Å²) in [5.74, 6) is 0.846. The number of aromatic amines is 1. The molecule has 2 N–H and O–H groups in total. The summed E-state index contributed by atoms with van der Waals surface area (Å²) >= 11 is 0. The Bertz CT molecular complexity index is 1100. The SMILES string of the molecule is CN=CNCc1nc(-c2nn(Cc3ccccc3F)c3ncccc23)n[nH]1. The van der Waals surface area contributed by atoms with Gasteiger partial charge in [-0.1, -0.05) is 18.2 Å². The number of hydrogen-bond donors (Lipinski definition) is 2. The molecule has 1 aromatic carbocycles. The van der Waals surface area contributed by atoms with Crippen molar-refractivity contribution in [3.63, 3.8) is 0 Å². The zero-order valence-corrected chi connectivity index (χ0v) is 14.6. The second-order valence-electron chi connectivity index (χ2n) is 5.85. The van der Waals surface area contributed by atoms with Crippen LogP contribution in [0.4, 0.5) is 4.39 Å². The molecule has 0 saturated carbocycles. The van der Waals surface area contributed by atoms with Crippen molar-refractivity contribution in [1.82, 2.24) is 35.3 Å². The number of fused-ring (bicyclic) bond motifs is 1. The lowest BCUT2D eigenvalue weighted by molar-refractivity contribution is 0.589. The van der Waals surface area contributed by atoms with E-state index in [1.807, 2.05) is 12.1 Å². The molecule has 4 aromatic rings. The molecule has 9 heteroatoms. The van der Waals surface area contributed by atoms with Crippen LogP contribution in [0.15, 0.2) is 47.6 Å². The molecule has 0 aliphatic rings. The molecule has 0 saturated heterocycles. The molecule has 3 heterocycles. The number of benzene rings is 1. The number of aliphatic imine (C=N–C) groups is 1. The third-order valence-electron chi connectivity index (χ3n) is 4.02. The van der Waals surface area contributed by atoms with E-state index in [4.69, 9.17) is 0 Å². The molecule has 0 aliphatic heterocycles. The molecule has 3 aromatic heterocycles. The average molecular weight is 364 g/mol. The minimum atomic E-state index is -0.275. The van der Waals surface area contributed by atoms with Crippen LogP contribution in [0, 0.1) is 5.82 Å². The van der Waals surface area contributed by atoms with Gasteiger partial charge in [0.25, 0.3) is 0 Å². The third kappa shape index (κ3) is 3.39. The maximum atomic E-state index is 14.0. The zero-order valence-electron chi connectivity index (χ0n) is 14.6. The maximum Gasteiger partial charge on any atom is 0.202 e.